The molecule has 2 rings (SSSR count). The van der Waals surface area contributed by atoms with Gasteiger partial charge in [0.05, 0.1) is 6.54 Å². The summed E-state index contributed by atoms with van der Waals surface area (Å²) in [5.41, 5.74) is 0.975. The molecule has 0 heterocycles. The number of rotatable bonds is 6. The van der Waals surface area contributed by atoms with E-state index in [-0.39, 0.29) is 6.54 Å². The molecule has 0 radical (unpaired) electrons. The molecule has 0 amide bonds. The van der Waals surface area contributed by atoms with E-state index in [0.29, 0.717) is 17.3 Å². The first-order valence-electron chi connectivity index (χ1n) is 6.08. The van der Waals surface area contributed by atoms with Crippen LogP contribution < -0.4 is 4.84 Å². The summed E-state index contributed by atoms with van der Waals surface area (Å²) >= 11 is 5.80. The van der Waals surface area contributed by atoms with Gasteiger partial charge in [0, 0.05) is 5.02 Å². The Balaban J connectivity index is 2.07. The topological polar surface area (TPSA) is 49.8 Å². The summed E-state index contributed by atoms with van der Waals surface area (Å²) in [6.07, 6.45) is 0. The molecular weight excluding hydrogens is 278 g/mol. The minimum Gasteiger partial charge on any atom is -0.480 e. The van der Waals surface area contributed by atoms with Gasteiger partial charge in [-0.05, 0) is 29.8 Å². The molecule has 0 saturated carbocycles. The van der Waals surface area contributed by atoms with Crippen molar-refractivity contribution in [1.82, 2.24) is 5.06 Å². The Morgan fingerprint density at radius 1 is 1.10 bits per heavy atom. The highest BCUT2D eigenvalue weighted by Crippen LogP contribution is 2.17. The van der Waals surface area contributed by atoms with Gasteiger partial charge in [0.15, 0.2) is 0 Å². The van der Waals surface area contributed by atoms with Crippen LogP contribution >= 0.6 is 11.6 Å². The predicted octanol–water partition coefficient (Wildman–Crippen LogP) is 3.22. The van der Waals surface area contributed by atoms with Crippen LogP contribution in [0.5, 0.6) is 5.75 Å². The molecular formula is C15H14ClNO3. The molecule has 5 heteroatoms. The normalized spacial score (nSPS) is 10.5. The Kier molecular flexibility index (Phi) is 4.98. The first-order chi connectivity index (χ1) is 9.63. The fraction of sp³-hybridized carbons (Fsp3) is 0.133. The molecule has 0 unspecified atom stereocenters. The summed E-state index contributed by atoms with van der Waals surface area (Å²) < 4.78 is 0. The number of halogens is 1. The van der Waals surface area contributed by atoms with Crippen molar-refractivity contribution >= 4 is 17.6 Å². The maximum atomic E-state index is 10.9. The number of hydroxylamine groups is 2. The van der Waals surface area contributed by atoms with E-state index in [1.807, 2.05) is 30.3 Å². The third kappa shape index (κ3) is 4.57. The van der Waals surface area contributed by atoms with Crippen LogP contribution in [0, 0.1) is 0 Å². The molecule has 0 bridgehead atoms. The first-order valence-corrected chi connectivity index (χ1v) is 6.45. The fourth-order valence-corrected chi connectivity index (χ4v) is 1.83. The first kappa shape index (κ1) is 14.4. The third-order valence-corrected chi connectivity index (χ3v) is 2.81. The summed E-state index contributed by atoms with van der Waals surface area (Å²) in [5, 5.41) is 10.9. The lowest BCUT2D eigenvalue weighted by Crippen LogP contribution is -2.32. The molecule has 104 valence electrons. The van der Waals surface area contributed by atoms with Crippen molar-refractivity contribution in [3.05, 3.63) is 65.2 Å². The van der Waals surface area contributed by atoms with Gasteiger partial charge in [-0.2, -0.15) is 0 Å². The highest BCUT2D eigenvalue weighted by atomic mass is 35.5. The SMILES string of the molecule is O=C(O)CN(Cc1ccccc1)Oc1ccc(Cl)cc1. The number of benzene rings is 2. The zero-order chi connectivity index (χ0) is 14.4. The van der Waals surface area contributed by atoms with E-state index in [2.05, 4.69) is 0 Å². The molecule has 0 spiro atoms. The number of aliphatic carboxylic acids is 1. The maximum Gasteiger partial charge on any atom is 0.321 e. The average molecular weight is 292 g/mol. The molecule has 0 aliphatic rings. The number of nitrogens with zero attached hydrogens (tertiary/aromatic N) is 1. The number of hydrogen-bond acceptors (Lipinski definition) is 3. The lowest BCUT2D eigenvalue weighted by molar-refractivity contribution is -0.149. The second kappa shape index (κ2) is 6.93. The summed E-state index contributed by atoms with van der Waals surface area (Å²) in [4.78, 5) is 16.5. The van der Waals surface area contributed by atoms with Gasteiger partial charge in [0.1, 0.15) is 12.3 Å². The van der Waals surface area contributed by atoms with Crippen LogP contribution in [0.4, 0.5) is 0 Å². The van der Waals surface area contributed by atoms with E-state index >= 15 is 0 Å². The van der Waals surface area contributed by atoms with Gasteiger partial charge >= 0.3 is 5.97 Å². The molecule has 1 N–H and O–H groups in total. The van der Waals surface area contributed by atoms with Crippen LogP contribution in [0.2, 0.25) is 5.02 Å². The van der Waals surface area contributed by atoms with Gasteiger partial charge in [-0.3, -0.25) is 4.79 Å². The van der Waals surface area contributed by atoms with Crippen molar-refractivity contribution in [2.75, 3.05) is 6.54 Å². The lowest BCUT2D eigenvalue weighted by atomic mass is 10.2. The smallest absolute Gasteiger partial charge is 0.321 e. The Morgan fingerprint density at radius 3 is 2.35 bits per heavy atom. The van der Waals surface area contributed by atoms with Gasteiger partial charge < -0.3 is 9.94 Å². The fourth-order valence-electron chi connectivity index (χ4n) is 1.70. The number of carboxylic acids is 1. The van der Waals surface area contributed by atoms with Crippen molar-refractivity contribution in [3.63, 3.8) is 0 Å². The number of carboxylic acid groups (broad SMARTS) is 1. The van der Waals surface area contributed by atoms with Crippen LogP contribution in [0.3, 0.4) is 0 Å². The third-order valence-electron chi connectivity index (χ3n) is 2.56. The van der Waals surface area contributed by atoms with Crippen LogP contribution in [0.15, 0.2) is 54.6 Å². The van der Waals surface area contributed by atoms with E-state index < -0.39 is 5.97 Å². The van der Waals surface area contributed by atoms with Gasteiger partial charge in [-0.25, -0.2) is 0 Å². The molecule has 2 aromatic rings. The van der Waals surface area contributed by atoms with Crippen LogP contribution in [0.1, 0.15) is 5.56 Å². The molecule has 0 saturated heterocycles. The van der Waals surface area contributed by atoms with E-state index in [1.54, 1.807) is 24.3 Å². The molecule has 0 aromatic heterocycles. The highest BCUT2D eigenvalue weighted by molar-refractivity contribution is 6.30. The Hall–Kier alpha value is -2.04. The molecule has 0 aliphatic heterocycles. The zero-order valence-corrected chi connectivity index (χ0v) is 11.5. The van der Waals surface area contributed by atoms with Crippen molar-refractivity contribution in [1.29, 1.82) is 0 Å². The summed E-state index contributed by atoms with van der Waals surface area (Å²) in [6, 6.07) is 16.3. The van der Waals surface area contributed by atoms with E-state index in [1.165, 1.54) is 5.06 Å². The second-order valence-electron chi connectivity index (χ2n) is 4.22. The lowest BCUT2D eigenvalue weighted by Gasteiger charge is -2.20. The molecule has 4 nitrogen and oxygen atoms in total. The highest BCUT2D eigenvalue weighted by Gasteiger charge is 2.12. The molecule has 0 aliphatic carbocycles. The molecule has 0 atom stereocenters. The summed E-state index contributed by atoms with van der Waals surface area (Å²) in [5.74, 6) is -0.401. The summed E-state index contributed by atoms with van der Waals surface area (Å²) in [7, 11) is 0. The van der Waals surface area contributed by atoms with Crippen LogP contribution in [-0.4, -0.2) is 22.7 Å². The van der Waals surface area contributed by atoms with Crippen molar-refractivity contribution in [3.8, 4) is 5.75 Å². The minimum atomic E-state index is -0.949. The largest absolute Gasteiger partial charge is 0.480 e. The Bertz CT molecular complexity index is 557. The molecule has 0 fully saturated rings. The summed E-state index contributed by atoms with van der Waals surface area (Å²) in [6.45, 7) is 0.174. The average Bonchev–Trinajstić information content (AvgIpc) is 2.42. The molecule has 20 heavy (non-hydrogen) atoms. The van der Waals surface area contributed by atoms with Gasteiger partial charge in [-0.1, -0.05) is 41.9 Å². The van der Waals surface area contributed by atoms with Crippen LogP contribution in [0.25, 0.3) is 0 Å². The van der Waals surface area contributed by atoms with Gasteiger partial charge in [-0.15, -0.1) is 5.06 Å². The Morgan fingerprint density at radius 2 is 1.75 bits per heavy atom. The van der Waals surface area contributed by atoms with Crippen molar-refractivity contribution < 1.29 is 14.7 Å². The van der Waals surface area contributed by atoms with Gasteiger partial charge in [0.25, 0.3) is 0 Å². The van der Waals surface area contributed by atoms with Gasteiger partial charge in [0.2, 0.25) is 0 Å². The van der Waals surface area contributed by atoms with E-state index in [0.717, 1.165) is 5.56 Å². The standard InChI is InChI=1S/C15H14ClNO3/c16-13-6-8-14(9-7-13)20-17(11-15(18)19)10-12-4-2-1-3-5-12/h1-9H,10-11H2,(H,18,19). The quantitative estimate of drug-likeness (QED) is 0.830. The monoisotopic (exact) mass is 291 g/mol. The predicted molar refractivity (Wildman–Crippen MR) is 76.6 cm³/mol. The Labute approximate surface area is 122 Å². The van der Waals surface area contributed by atoms with E-state index in [9.17, 15) is 4.79 Å². The van der Waals surface area contributed by atoms with Crippen molar-refractivity contribution in [2.24, 2.45) is 0 Å². The zero-order valence-electron chi connectivity index (χ0n) is 10.7. The van der Waals surface area contributed by atoms with Crippen LogP contribution in [-0.2, 0) is 11.3 Å². The van der Waals surface area contributed by atoms with Crippen molar-refractivity contribution in [2.45, 2.75) is 6.54 Å². The molecule has 2 aromatic carbocycles. The minimum absolute atomic E-state index is 0.211. The number of hydrogen-bond donors (Lipinski definition) is 1. The maximum absolute atomic E-state index is 10.9. The van der Waals surface area contributed by atoms with E-state index in [4.69, 9.17) is 21.5 Å². The second-order valence-corrected chi connectivity index (χ2v) is 4.66. The number of carbonyl (C=O) groups is 1.